The fourth-order valence-corrected chi connectivity index (χ4v) is 2.29. The summed E-state index contributed by atoms with van der Waals surface area (Å²) in [5.41, 5.74) is 0. The van der Waals surface area contributed by atoms with Gasteiger partial charge in [0.2, 0.25) is 0 Å². The molecule has 6 nitrogen and oxygen atoms in total. The SMILES string of the molecule is CN(C)CP(=O)(O)O[P+](=O)O. The van der Waals surface area contributed by atoms with Crippen molar-refractivity contribution in [2.75, 3.05) is 20.4 Å². The molecule has 8 heteroatoms. The molecule has 0 amide bonds. The Bertz CT molecular complexity index is 192. The first-order valence-corrected chi connectivity index (χ1v) is 5.55. The minimum Gasteiger partial charge on any atom is -0.321 e. The van der Waals surface area contributed by atoms with Crippen molar-refractivity contribution in [2.24, 2.45) is 0 Å². The van der Waals surface area contributed by atoms with Crippen LogP contribution in [0.5, 0.6) is 0 Å². The summed E-state index contributed by atoms with van der Waals surface area (Å²) in [4.78, 5) is 18.3. The van der Waals surface area contributed by atoms with E-state index in [-0.39, 0.29) is 6.29 Å². The summed E-state index contributed by atoms with van der Waals surface area (Å²) < 4.78 is 24.6. The highest BCUT2D eigenvalue weighted by atomic mass is 31.2. The van der Waals surface area contributed by atoms with Crippen molar-refractivity contribution in [3.05, 3.63) is 0 Å². The Morgan fingerprint density at radius 1 is 1.64 bits per heavy atom. The van der Waals surface area contributed by atoms with Crippen molar-refractivity contribution < 1.29 is 23.2 Å². The molecule has 0 aromatic carbocycles. The lowest BCUT2D eigenvalue weighted by molar-refractivity contribution is 0.326. The normalized spacial score (nSPS) is 18.1. The fourth-order valence-electron chi connectivity index (χ4n) is 0.492. The first-order chi connectivity index (χ1) is 4.83. The van der Waals surface area contributed by atoms with Crippen LogP contribution in [0.2, 0.25) is 0 Å². The van der Waals surface area contributed by atoms with E-state index in [2.05, 4.69) is 4.31 Å². The average Bonchev–Trinajstić information content (AvgIpc) is 1.53. The molecule has 0 radical (unpaired) electrons. The van der Waals surface area contributed by atoms with Crippen molar-refractivity contribution in [3.8, 4) is 0 Å². The number of rotatable bonds is 4. The van der Waals surface area contributed by atoms with Gasteiger partial charge in [-0.2, -0.15) is 0 Å². The van der Waals surface area contributed by atoms with Gasteiger partial charge in [0.05, 0.1) is 0 Å². The zero-order chi connectivity index (χ0) is 9.07. The maximum Gasteiger partial charge on any atom is 0.703 e. The summed E-state index contributed by atoms with van der Waals surface area (Å²) in [7, 11) is -3.82. The summed E-state index contributed by atoms with van der Waals surface area (Å²) in [5, 5.41) is 0. The summed E-state index contributed by atoms with van der Waals surface area (Å²) in [6.45, 7) is 0. The van der Waals surface area contributed by atoms with Gasteiger partial charge in [-0.05, 0) is 18.4 Å². The highest BCUT2D eigenvalue weighted by Crippen LogP contribution is 2.49. The van der Waals surface area contributed by atoms with Gasteiger partial charge in [-0.15, -0.1) is 4.89 Å². The van der Waals surface area contributed by atoms with Crippen LogP contribution in [0.15, 0.2) is 0 Å². The van der Waals surface area contributed by atoms with E-state index in [1.807, 2.05) is 0 Å². The standard InChI is InChI=1S/C3H9NO5P2/c1-4(2)3-11(7,8)9-10(5)6/h3H2,1-2H3,(H-,5,6,7,8)/p+1. The van der Waals surface area contributed by atoms with E-state index in [0.717, 1.165) is 0 Å². The molecule has 0 aliphatic rings. The van der Waals surface area contributed by atoms with E-state index < -0.39 is 15.9 Å². The third-order valence-corrected chi connectivity index (χ3v) is 3.16. The number of hydrogen-bond acceptors (Lipinski definition) is 4. The highest BCUT2D eigenvalue weighted by Gasteiger charge is 2.32. The highest BCUT2D eigenvalue weighted by molar-refractivity contribution is 7.59. The molecular formula is C3H10NO5P2+. The van der Waals surface area contributed by atoms with Crippen LogP contribution < -0.4 is 0 Å². The molecule has 0 aliphatic heterocycles. The molecule has 0 saturated heterocycles. The Morgan fingerprint density at radius 3 is 2.36 bits per heavy atom. The maximum atomic E-state index is 10.8. The van der Waals surface area contributed by atoms with E-state index in [4.69, 9.17) is 9.79 Å². The van der Waals surface area contributed by atoms with Gasteiger partial charge in [0.1, 0.15) is 6.29 Å². The molecule has 0 rings (SSSR count). The third kappa shape index (κ3) is 6.56. The molecule has 0 saturated carbocycles. The van der Waals surface area contributed by atoms with Gasteiger partial charge >= 0.3 is 15.9 Å². The zero-order valence-corrected chi connectivity index (χ0v) is 7.96. The Balaban J connectivity index is 4.01. The van der Waals surface area contributed by atoms with E-state index in [0.29, 0.717) is 0 Å². The van der Waals surface area contributed by atoms with Crippen LogP contribution in [0.3, 0.4) is 0 Å². The summed E-state index contributed by atoms with van der Waals surface area (Å²) in [5.74, 6) is 0. The third-order valence-electron chi connectivity index (χ3n) is 0.659. The predicted octanol–water partition coefficient (Wildman–Crippen LogP) is 0.357. The van der Waals surface area contributed by atoms with Crippen LogP contribution in [0.1, 0.15) is 0 Å². The van der Waals surface area contributed by atoms with Crippen LogP contribution in [0.4, 0.5) is 0 Å². The lowest BCUT2D eigenvalue weighted by Crippen LogP contribution is -2.13. The quantitative estimate of drug-likeness (QED) is 0.640. The van der Waals surface area contributed by atoms with Crippen molar-refractivity contribution in [2.45, 2.75) is 0 Å². The first kappa shape index (κ1) is 11.2. The van der Waals surface area contributed by atoms with Crippen molar-refractivity contribution in [1.29, 1.82) is 0 Å². The Morgan fingerprint density at radius 2 is 2.09 bits per heavy atom. The smallest absolute Gasteiger partial charge is 0.321 e. The van der Waals surface area contributed by atoms with Crippen LogP contribution in [-0.4, -0.2) is 35.1 Å². The summed E-state index contributed by atoms with van der Waals surface area (Å²) in [6, 6.07) is 0. The van der Waals surface area contributed by atoms with E-state index in [1.54, 1.807) is 14.1 Å². The Labute approximate surface area is 65.3 Å². The van der Waals surface area contributed by atoms with Gasteiger partial charge in [0, 0.05) is 4.57 Å². The van der Waals surface area contributed by atoms with Gasteiger partial charge in [0.25, 0.3) is 0 Å². The van der Waals surface area contributed by atoms with E-state index >= 15 is 0 Å². The van der Waals surface area contributed by atoms with E-state index in [1.165, 1.54) is 4.90 Å². The molecule has 0 fully saturated rings. The molecule has 0 aliphatic carbocycles. The van der Waals surface area contributed by atoms with Crippen LogP contribution in [-0.2, 0) is 13.4 Å². The second-order valence-corrected chi connectivity index (χ2v) is 4.86. The topological polar surface area (TPSA) is 87.1 Å². The molecule has 0 aromatic heterocycles. The van der Waals surface area contributed by atoms with Gasteiger partial charge in [-0.3, -0.25) is 9.46 Å². The monoisotopic (exact) mass is 202 g/mol. The molecule has 0 bridgehead atoms. The molecule has 2 N–H and O–H groups in total. The average molecular weight is 202 g/mol. The molecule has 0 aromatic rings. The maximum absolute atomic E-state index is 10.8. The molecule has 11 heavy (non-hydrogen) atoms. The lowest BCUT2D eigenvalue weighted by atomic mass is 11.0. The molecular weight excluding hydrogens is 192 g/mol. The van der Waals surface area contributed by atoms with Crippen LogP contribution >= 0.6 is 15.9 Å². The second kappa shape index (κ2) is 4.26. The fraction of sp³-hybridized carbons (Fsp3) is 1.00. The first-order valence-electron chi connectivity index (χ1n) is 2.66. The van der Waals surface area contributed by atoms with Crippen LogP contribution in [0.25, 0.3) is 0 Å². The molecule has 2 unspecified atom stereocenters. The summed E-state index contributed by atoms with van der Waals surface area (Å²) >= 11 is 0. The van der Waals surface area contributed by atoms with Crippen molar-refractivity contribution in [3.63, 3.8) is 0 Å². The zero-order valence-electron chi connectivity index (χ0n) is 6.17. The van der Waals surface area contributed by atoms with Crippen LogP contribution in [0, 0.1) is 0 Å². The van der Waals surface area contributed by atoms with Gasteiger partial charge in [-0.1, -0.05) is 0 Å². The van der Waals surface area contributed by atoms with Gasteiger partial charge in [-0.25, -0.2) is 0 Å². The predicted molar refractivity (Wildman–Crippen MR) is 39.3 cm³/mol. The van der Waals surface area contributed by atoms with Crippen molar-refractivity contribution in [1.82, 2.24) is 4.90 Å². The lowest BCUT2D eigenvalue weighted by Gasteiger charge is -2.09. The minimum atomic E-state index is -3.91. The largest absolute Gasteiger partial charge is 0.703 e. The molecule has 66 valence electrons. The minimum absolute atomic E-state index is 0.269. The molecule has 0 spiro atoms. The summed E-state index contributed by atoms with van der Waals surface area (Å²) in [6.07, 6.45) is -0.269. The Hall–Kier alpha value is 0.170. The Kier molecular flexibility index (Phi) is 4.32. The molecule has 2 atom stereocenters. The van der Waals surface area contributed by atoms with E-state index in [9.17, 15) is 9.13 Å². The second-order valence-electron chi connectivity index (χ2n) is 2.18. The molecule has 0 heterocycles. The van der Waals surface area contributed by atoms with Gasteiger partial charge in [0.15, 0.2) is 0 Å². The number of nitrogens with zero attached hydrogens (tertiary/aromatic N) is 1. The number of hydrogen-bond donors (Lipinski definition) is 2. The van der Waals surface area contributed by atoms with Gasteiger partial charge < -0.3 is 4.89 Å². The van der Waals surface area contributed by atoms with Crippen molar-refractivity contribution >= 4 is 15.9 Å².